The molecule has 1 atom stereocenters. The van der Waals surface area contributed by atoms with Crippen molar-refractivity contribution in [3.8, 4) is 0 Å². The molecule has 1 heterocycles. The second-order valence-corrected chi connectivity index (χ2v) is 5.05. The third-order valence-electron chi connectivity index (χ3n) is 3.03. The van der Waals surface area contributed by atoms with Crippen LogP contribution in [0.25, 0.3) is 0 Å². The van der Waals surface area contributed by atoms with Crippen LogP contribution in [0.15, 0.2) is 0 Å². The average molecular weight is 198 g/mol. The summed E-state index contributed by atoms with van der Waals surface area (Å²) in [5.74, 6) is 1.80. The molecular weight excluding hydrogens is 172 g/mol. The molecule has 0 amide bonds. The highest BCUT2D eigenvalue weighted by atomic mass is 15.1. The van der Waals surface area contributed by atoms with Crippen molar-refractivity contribution in [2.75, 3.05) is 33.2 Å². The summed E-state index contributed by atoms with van der Waals surface area (Å²) >= 11 is 0. The highest BCUT2D eigenvalue weighted by Gasteiger charge is 2.21. The molecule has 0 aromatic rings. The fraction of sp³-hybridized carbons (Fsp3) is 1.00. The van der Waals surface area contributed by atoms with Crippen LogP contribution in [0.4, 0.5) is 0 Å². The summed E-state index contributed by atoms with van der Waals surface area (Å²) < 4.78 is 0. The van der Waals surface area contributed by atoms with E-state index in [4.69, 9.17) is 0 Å². The van der Waals surface area contributed by atoms with E-state index in [0.29, 0.717) is 0 Å². The van der Waals surface area contributed by atoms with Crippen LogP contribution in [0.3, 0.4) is 0 Å². The topological polar surface area (TPSA) is 15.3 Å². The van der Waals surface area contributed by atoms with E-state index in [9.17, 15) is 0 Å². The normalized spacial score (nSPS) is 23.6. The van der Waals surface area contributed by atoms with Crippen molar-refractivity contribution in [3.05, 3.63) is 0 Å². The van der Waals surface area contributed by atoms with Crippen LogP contribution in [0.5, 0.6) is 0 Å². The molecule has 2 nitrogen and oxygen atoms in total. The van der Waals surface area contributed by atoms with Crippen LogP contribution in [0.1, 0.15) is 33.1 Å². The van der Waals surface area contributed by atoms with Crippen molar-refractivity contribution < 1.29 is 0 Å². The SMILES string of the molecule is CNCCCC1CCN(CC(C)C)C1. The molecule has 1 saturated heterocycles. The Kier molecular flexibility index (Phi) is 5.49. The molecule has 0 aromatic heterocycles. The minimum Gasteiger partial charge on any atom is -0.320 e. The van der Waals surface area contributed by atoms with Crippen LogP contribution in [0.2, 0.25) is 0 Å². The monoisotopic (exact) mass is 198 g/mol. The van der Waals surface area contributed by atoms with Gasteiger partial charge in [-0.2, -0.15) is 0 Å². The molecule has 0 spiro atoms. The van der Waals surface area contributed by atoms with Gasteiger partial charge in [-0.15, -0.1) is 0 Å². The van der Waals surface area contributed by atoms with Crippen LogP contribution in [-0.4, -0.2) is 38.1 Å². The lowest BCUT2D eigenvalue weighted by molar-refractivity contribution is 0.284. The second-order valence-electron chi connectivity index (χ2n) is 5.05. The quantitative estimate of drug-likeness (QED) is 0.656. The molecule has 0 bridgehead atoms. The van der Waals surface area contributed by atoms with E-state index in [1.165, 1.54) is 45.4 Å². The van der Waals surface area contributed by atoms with Crippen molar-refractivity contribution in [2.45, 2.75) is 33.1 Å². The largest absolute Gasteiger partial charge is 0.320 e. The first-order chi connectivity index (χ1) is 6.72. The Bertz CT molecular complexity index is 145. The molecular formula is C12H26N2. The second kappa shape index (κ2) is 6.41. The number of likely N-dealkylation sites (tertiary alicyclic amines) is 1. The summed E-state index contributed by atoms with van der Waals surface area (Å²) in [5, 5.41) is 3.22. The Balaban J connectivity index is 2.08. The molecule has 14 heavy (non-hydrogen) atoms. The zero-order chi connectivity index (χ0) is 10.4. The van der Waals surface area contributed by atoms with E-state index in [-0.39, 0.29) is 0 Å². The zero-order valence-electron chi connectivity index (χ0n) is 10.1. The molecule has 1 N–H and O–H groups in total. The first-order valence-electron chi connectivity index (χ1n) is 6.09. The van der Waals surface area contributed by atoms with Crippen LogP contribution >= 0.6 is 0 Å². The van der Waals surface area contributed by atoms with E-state index in [0.717, 1.165) is 11.8 Å². The zero-order valence-corrected chi connectivity index (χ0v) is 10.1. The molecule has 0 saturated carbocycles. The molecule has 0 aromatic carbocycles. The molecule has 0 aliphatic carbocycles. The summed E-state index contributed by atoms with van der Waals surface area (Å²) in [6.45, 7) is 9.79. The molecule has 1 aliphatic heterocycles. The van der Waals surface area contributed by atoms with Gasteiger partial charge in [-0.3, -0.25) is 0 Å². The Hall–Kier alpha value is -0.0800. The molecule has 1 unspecified atom stereocenters. The van der Waals surface area contributed by atoms with Gasteiger partial charge in [-0.1, -0.05) is 13.8 Å². The lowest BCUT2D eigenvalue weighted by Gasteiger charge is -2.18. The van der Waals surface area contributed by atoms with E-state index in [2.05, 4.69) is 24.1 Å². The molecule has 1 fully saturated rings. The van der Waals surface area contributed by atoms with Crippen LogP contribution in [-0.2, 0) is 0 Å². The highest BCUT2D eigenvalue weighted by molar-refractivity contribution is 4.76. The third kappa shape index (κ3) is 4.43. The van der Waals surface area contributed by atoms with E-state index >= 15 is 0 Å². The van der Waals surface area contributed by atoms with Gasteiger partial charge in [0.2, 0.25) is 0 Å². The fourth-order valence-corrected chi connectivity index (χ4v) is 2.40. The van der Waals surface area contributed by atoms with E-state index in [1.807, 2.05) is 7.05 Å². The van der Waals surface area contributed by atoms with Crippen molar-refractivity contribution >= 4 is 0 Å². The summed E-state index contributed by atoms with van der Waals surface area (Å²) in [6, 6.07) is 0. The van der Waals surface area contributed by atoms with Gasteiger partial charge in [0.1, 0.15) is 0 Å². The van der Waals surface area contributed by atoms with Gasteiger partial charge < -0.3 is 10.2 Å². The molecule has 1 rings (SSSR count). The number of nitrogens with one attached hydrogen (secondary N) is 1. The van der Waals surface area contributed by atoms with Gasteiger partial charge >= 0.3 is 0 Å². The third-order valence-corrected chi connectivity index (χ3v) is 3.03. The molecule has 0 radical (unpaired) electrons. The van der Waals surface area contributed by atoms with Crippen molar-refractivity contribution in [1.82, 2.24) is 10.2 Å². The predicted molar refractivity (Wildman–Crippen MR) is 62.5 cm³/mol. The number of hydrogen-bond acceptors (Lipinski definition) is 2. The number of hydrogen-bond donors (Lipinski definition) is 1. The summed E-state index contributed by atoms with van der Waals surface area (Å²) in [5.41, 5.74) is 0. The first-order valence-corrected chi connectivity index (χ1v) is 6.09. The minimum atomic E-state index is 0.825. The maximum absolute atomic E-state index is 3.22. The highest BCUT2D eigenvalue weighted by Crippen LogP contribution is 2.21. The molecule has 2 heteroatoms. The van der Waals surface area contributed by atoms with Gasteiger partial charge in [-0.05, 0) is 51.2 Å². The van der Waals surface area contributed by atoms with E-state index in [1.54, 1.807) is 0 Å². The maximum Gasteiger partial charge on any atom is 0.00103 e. The van der Waals surface area contributed by atoms with Gasteiger partial charge in [0.15, 0.2) is 0 Å². The Labute approximate surface area is 89.1 Å². The van der Waals surface area contributed by atoms with Gasteiger partial charge in [-0.25, -0.2) is 0 Å². The fourth-order valence-electron chi connectivity index (χ4n) is 2.40. The molecule has 1 aliphatic rings. The standard InChI is InChI=1S/C12H26N2/c1-11(2)9-14-8-6-12(10-14)5-4-7-13-3/h11-13H,4-10H2,1-3H3. The van der Waals surface area contributed by atoms with E-state index < -0.39 is 0 Å². The number of nitrogens with zero attached hydrogens (tertiary/aromatic N) is 1. The van der Waals surface area contributed by atoms with Gasteiger partial charge in [0.25, 0.3) is 0 Å². The first kappa shape index (κ1) is 12.0. The minimum absolute atomic E-state index is 0.825. The van der Waals surface area contributed by atoms with Gasteiger partial charge in [0.05, 0.1) is 0 Å². The predicted octanol–water partition coefficient (Wildman–Crippen LogP) is 1.96. The lowest BCUT2D eigenvalue weighted by atomic mass is 10.0. The Morgan fingerprint density at radius 3 is 2.86 bits per heavy atom. The lowest BCUT2D eigenvalue weighted by Crippen LogP contribution is -2.25. The smallest absolute Gasteiger partial charge is 0.00103 e. The van der Waals surface area contributed by atoms with Crippen LogP contribution in [0, 0.1) is 11.8 Å². The van der Waals surface area contributed by atoms with Crippen molar-refractivity contribution in [2.24, 2.45) is 11.8 Å². The van der Waals surface area contributed by atoms with Gasteiger partial charge in [0, 0.05) is 13.1 Å². The number of rotatable bonds is 6. The summed E-state index contributed by atoms with van der Waals surface area (Å²) in [6.07, 6.45) is 4.18. The Morgan fingerprint density at radius 1 is 1.43 bits per heavy atom. The summed E-state index contributed by atoms with van der Waals surface area (Å²) in [7, 11) is 2.04. The van der Waals surface area contributed by atoms with Crippen molar-refractivity contribution in [3.63, 3.8) is 0 Å². The Morgan fingerprint density at radius 2 is 2.21 bits per heavy atom. The molecule has 84 valence electrons. The maximum atomic E-state index is 3.22. The summed E-state index contributed by atoms with van der Waals surface area (Å²) in [4.78, 5) is 2.63. The van der Waals surface area contributed by atoms with Crippen molar-refractivity contribution in [1.29, 1.82) is 0 Å². The van der Waals surface area contributed by atoms with Crippen LogP contribution < -0.4 is 5.32 Å². The average Bonchev–Trinajstić information content (AvgIpc) is 2.52.